The topological polar surface area (TPSA) is 128 Å². The predicted octanol–water partition coefficient (Wildman–Crippen LogP) is 4.92. The number of halogens is 2. The molecule has 0 unspecified atom stereocenters. The van der Waals surface area contributed by atoms with E-state index in [9.17, 15) is 4.79 Å². The molecule has 1 aromatic carbocycles. The Morgan fingerprint density at radius 2 is 2.09 bits per heavy atom. The molecular formula is C31H35ClFN7O5. The number of aromatic nitrogens is 5. The van der Waals surface area contributed by atoms with Crippen molar-refractivity contribution in [3.63, 3.8) is 0 Å². The van der Waals surface area contributed by atoms with Gasteiger partial charge in [0, 0.05) is 28.7 Å². The number of likely N-dealkylation sites (N-methyl/N-ethyl adjacent to an activating group) is 1. The lowest BCUT2D eigenvalue weighted by Gasteiger charge is -2.34. The molecule has 0 amide bonds. The van der Waals surface area contributed by atoms with Gasteiger partial charge in [-0.3, -0.25) is 15.0 Å². The van der Waals surface area contributed by atoms with Crippen molar-refractivity contribution >= 4 is 45.4 Å². The van der Waals surface area contributed by atoms with E-state index in [1.165, 1.54) is 0 Å². The van der Waals surface area contributed by atoms with Crippen LogP contribution in [0.15, 0.2) is 18.5 Å². The maximum atomic E-state index is 17.0. The number of hydrogen-bond acceptors (Lipinski definition) is 11. The summed E-state index contributed by atoms with van der Waals surface area (Å²) in [6.45, 7) is 4.77. The maximum absolute atomic E-state index is 17.0. The van der Waals surface area contributed by atoms with Gasteiger partial charge in [0.1, 0.15) is 29.7 Å². The monoisotopic (exact) mass is 639 g/mol. The quantitative estimate of drug-likeness (QED) is 0.306. The molecule has 0 spiro atoms. The molecule has 3 aromatic heterocycles. The highest BCUT2D eigenvalue weighted by Gasteiger charge is 2.38. The molecule has 2 atom stereocenters. The Hall–Kier alpha value is -3.81. The lowest BCUT2D eigenvalue weighted by molar-refractivity contribution is -0.00448. The molecular weight excluding hydrogens is 605 g/mol. The fourth-order valence-electron chi connectivity index (χ4n) is 6.74. The number of anilines is 1. The number of likely N-dealkylation sites (tertiary alicyclic amines) is 1. The van der Waals surface area contributed by atoms with Crippen molar-refractivity contribution in [1.29, 1.82) is 0 Å². The molecule has 2 fully saturated rings. The van der Waals surface area contributed by atoms with Crippen molar-refractivity contribution in [3.8, 4) is 17.3 Å². The van der Waals surface area contributed by atoms with Crippen LogP contribution in [0.2, 0.25) is 5.02 Å². The average molecular weight is 640 g/mol. The standard InChI is InChI=1S/C31H35ClFN7O5/c1-3-31(7-5-8-39(31)2)17-44-29-36-26-21-13-34-27(25(26)33)24-19(22(32)12-23-20(24)14-35-38-23)6-4-10-43-30(41)45-18-15-40(28(21)37-29)9-11-42-16-18/h12-14,18H,3-11,15-17H2,1-2H3,(H,35,38)/t18-,31+/m0/s1. The van der Waals surface area contributed by atoms with Crippen LogP contribution in [0.25, 0.3) is 33.1 Å². The molecule has 4 aromatic rings. The first-order chi connectivity index (χ1) is 21.9. The van der Waals surface area contributed by atoms with Gasteiger partial charge in [0.25, 0.3) is 0 Å². The normalized spacial score (nSPS) is 22.9. The zero-order valence-electron chi connectivity index (χ0n) is 25.3. The Kier molecular flexibility index (Phi) is 8.09. The maximum Gasteiger partial charge on any atom is 0.508 e. The van der Waals surface area contributed by atoms with Gasteiger partial charge in [-0.1, -0.05) is 18.5 Å². The number of aromatic amines is 1. The van der Waals surface area contributed by atoms with Crippen LogP contribution in [0.3, 0.4) is 0 Å². The lowest BCUT2D eigenvalue weighted by Crippen LogP contribution is -2.46. The molecule has 4 aliphatic heterocycles. The van der Waals surface area contributed by atoms with Gasteiger partial charge in [0.15, 0.2) is 5.82 Å². The minimum Gasteiger partial charge on any atom is -0.461 e. The highest BCUT2D eigenvalue weighted by molar-refractivity contribution is 6.33. The van der Waals surface area contributed by atoms with Crippen LogP contribution in [0, 0.1) is 5.82 Å². The smallest absolute Gasteiger partial charge is 0.461 e. The van der Waals surface area contributed by atoms with Crippen molar-refractivity contribution in [3.05, 3.63) is 34.9 Å². The van der Waals surface area contributed by atoms with E-state index in [1.54, 1.807) is 18.5 Å². The first-order valence-electron chi connectivity index (χ1n) is 15.4. The molecule has 0 saturated carbocycles. The largest absolute Gasteiger partial charge is 0.508 e. The third-order valence-electron chi connectivity index (χ3n) is 9.34. The van der Waals surface area contributed by atoms with Crippen LogP contribution in [0.1, 0.15) is 38.2 Å². The highest BCUT2D eigenvalue weighted by atomic mass is 35.5. The summed E-state index contributed by atoms with van der Waals surface area (Å²) < 4.78 is 40.1. The van der Waals surface area contributed by atoms with Gasteiger partial charge in [-0.2, -0.15) is 15.1 Å². The van der Waals surface area contributed by atoms with Crippen LogP contribution in [0.5, 0.6) is 6.01 Å². The van der Waals surface area contributed by atoms with Gasteiger partial charge in [-0.15, -0.1) is 0 Å². The number of ether oxygens (including phenoxy) is 4. The van der Waals surface area contributed by atoms with Gasteiger partial charge in [-0.25, -0.2) is 9.18 Å². The highest BCUT2D eigenvalue weighted by Crippen LogP contribution is 2.40. The zero-order valence-corrected chi connectivity index (χ0v) is 26.0. The molecule has 4 aliphatic rings. The summed E-state index contributed by atoms with van der Waals surface area (Å²) in [7, 11) is 2.10. The van der Waals surface area contributed by atoms with E-state index in [4.69, 9.17) is 35.5 Å². The number of rotatable bonds is 4. The first kappa shape index (κ1) is 29.9. The molecule has 0 aliphatic carbocycles. The zero-order chi connectivity index (χ0) is 31.1. The van der Waals surface area contributed by atoms with Crippen LogP contribution >= 0.6 is 11.6 Å². The predicted molar refractivity (Wildman–Crippen MR) is 165 cm³/mol. The Morgan fingerprint density at radius 1 is 1.20 bits per heavy atom. The molecule has 14 heteroatoms. The van der Waals surface area contributed by atoms with Crippen molar-refractivity contribution < 1.29 is 28.1 Å². The van der Waals surface area contributed by atoms with E-state index in [0.717, 1.165) is 25.8 Å². The average Bonchev–Trinajstić information content (AvgIpc) is 3.57. The second-order valence-electron chi connectivity index (χ2n) is 11.9. The number of carbonyl (C=O) groups is 1. The molecule has 45 heavy (non-hydrogen) atoms. The number of nitrogens with zero attached hydrogens (tertiary/aromatic N) is 6. The van der Waals surface area contributed by atoms with Gasteiger partial charge >= 0.3 is 12.2 Å². The summed E-state index contributed by atoms with van der Waals surface area (Å²) in [5, 5.41) is 8.58. The van der Waals surface area contributed by atoms with Crippen molar-refractivity contribution in [1.82, 2.24) is 30.0 Å². The van der Waals surface area contributed by atoms with Gasteiger partial charge < -0.3 is 23.8 Å². The summed E-state index contributed by atoms with van der Waals surface area (Å²) >= 11 is 6.76. The van der Waals surface area contributed by atoms with E-state index in [-0.39, 0.29) is 42.5 Å². The van der Waals surface area contributed by atoms with E-state index in [1.807, 2.05) is 4.90 Å². The Bertz CT molecular complexity index is 1750. The van der Waals surface area contributed by atoms with E-state index in [0.29, 0.717) is 70.9 Å². The number of hydrogen-bond donors (Lipinski definition) is 1. The van der Waals surface area contributed by atoms with Gasteiger partial charge in [0.05, 0.1) is 49.0 Å². The first-order valence-corrected chi connectivity index (χ1v) is 15.8. The van der Waals surface area contributed by atoms with Crippen LogP contribution in [0.4, 0.5) is 15.0 Å². The fraction of sp³-hybridized carbons (Fsp3) is 0.516. The summed E-state index contributed by atoms with van der Waals surface area (Å²) in [5.74, 6) is -0.204. The number of nitrogens with one attached hydrogen (secondary N) is 1. The van der Waals surface area contributed by atoms with Crippen molar-refractivity contribution in [2.24, 2.45) is 0 Å². The number of carbonyl (C=O) groups excluding carboxylic acids is 1. The Balaban J connectivity index is 1.42. The van der Waals surface area contributed by atoms with E-state index < -0.39 is 18.1 Å². The van der Waals surface area contributed by atoms with Crippen LogP contribution < -0.4 is 9.64 Å². The summed E-state index contributed by atoms with van der Waals surface area (Å²) in [6, 6.07) is 1.81. The third-order valence-corrected chi connectivity index (χ3v) is 9.68. The molecule has 238 valence electrons. The van der Waals surface area contributed by atoms with Gasteiger partial charge in [-0.05, 0) is 57.3 Å². The van der Waals surface area contributed by atoms with E-state index in [2.05, 4.69) is 39.0 Å². The number of H-pyrrole nitrogens is 1. The molecule has 7 heterocycles. The number of fused-ring (bicyclic) bond motifs is 7. The Labute approximate surface area is 264 Å². The molecule has 2 saturated heterocycles. The Morgan fingerprint density at radius 3 is 2.91 bits per heavy atom. The SMILES string of the molecule is CC[C@]1(COc2nc3c4cnc(c(F)c4n2)-c2c(c(Cl)cc4[nH]ncc24)CCCOC(=O)O[C@@H]2COCCN3C2)CCCN1C. The molecule has 6 bridgehead atoms. The van der Waals surface area contributed by atoms with Crippen molar-refractivity contribution in [2.45, 2.75) is 50.7 Å². The van der Waals surface area contributed by atoms with Gasteiger partial charge in [0.2, 0.25) is 0 Å². The molecule has 8 rings (SSSR count). The van der Waals surface area contributed by atoms with Crippen molar-refractivity contribution in [2.75, 3.05) is 58.0 Å². The summed E-state index contributed by atoms with van der Waals surface area (Å²) in [4.78, 5) is 31.0. The molecule has 1 N–H and O–H groups in total. The fourth-order valence-corrected chi connectivity index (χ4v) is 7.04. The second kappa shape index (κ2) is 12.2. The second-order valence-corrected chi connectivity index (χ2v) is 12.3. The molecule has 12 nitrogen and oxygen atoms in total. The number of pyridine rings is 1. The minimum absolute atomic E-state index is 0.0598. The molecule has 0 radical (unpaired) electrons. The van der Waals surface area contributed by atoms with Crippen LogP contribution in [-0.4, -0.2) is 101 Å². The van der Waals surface area contributed by atoms with E-state index >= 15 is 4.39 Å². The number of benzene rings is 1. The minimum atomic E-state index is -0.785. The summed E-state index contributed by atoms with van der Waals surface area (Å²) in [6.07, 6.45) is 5.55. The third kappa shape index (κ3) is 5.50. The lowest BCUT2D eigenvalue weighted by atomic mass is 9.94. The van der Waals surface area contributed by atoms with Crippen LogP contribution in [-0.2, 0) is 20.6 Å². The summed E-state index contributed by atoms with van der Waals surface area (Å²) in [5.41, 5.74) is 1.80.